The van der Waals surface area contributed by atoms with Crippen molar-refractivity contribution in [2.75, 3.05) is 4.72 Å². The molecule has 42 heavy (non-hydrogen) atoms. The van der Waals surface area contributed by atoms with Crippen LogP contribution in [-0.4, -0.2) is 35.7 Å². The van der Waals surface area contributed by atoms with Crippen LogP contribution in [0.5, 0.6) is 0 Å². The Morgan fingerprint density at radius 2 is 1.74 bits per heavy atom. The average Bonchev–Trinajstić information content (AvgIpc) is 2.98. The number of esters is 1. The van der Waals surface area contributed by atoms with Crippen LogP contribution in [0.4, 0.5) is 5.69 Å². The molecule has 0 aliphatic carbocycles. The maximum Gasteiger partial charge on any atom is 0.317 e. The minimum atomic E-state index is -4.08. The molecule has 218 valence electrons. The van der Waals surface area contributed by atoms with Crippen molar-refractivity contribution in [3.63, 3.8) is 0 Å². The quantitative estimate of drug-likeness (QED) is 0.126. The molecular formula is C33H35N3O5S. The standard InChI is InChI=1S/C33H35N3O5S/c1-3-18-33(19-17-23-11-6-5-7-12-23)21-29(37)30(31(38)41-33)27(4-2)24-14-10-15-26(20-24)36-42(39,40)32-34-22-25-13-8-9-16-28(25)35-32/h5-16,20,22,27,30,36H,3-4,17-19,21H2,1-2H3. The number of aryl methyl sites for hydroxylation is 1. The van der Waals surface area contributed by atoms with E-state index >= 15 is 0 Å². The molecule has 0 radical (unpaired) electrons. The monoisotopic (exact) mass is 585 g/mol. The first-order valence-electron chi connectivity index (χ1n) is 14.4. The number of anilines is 1. The van der Waals surface area contributed by atoms with Gasteiger partial charge in [0, 0.05) is 29.6 Å². The number of hydrogen-bond acceptors (Lipinski definition) is 7. The highest BCUT2D eigenvalue weighted by atomic mass is 32.2. The molecule has 1 N–H and O–H groups in total. The molecular weight excluding hydrogens is 550 g/mol. The molecule has 8 nitrogen and oxygen atoms in total. The molecule has 2 heterocycles. The van der Waals surface area contributed by atoms with Gasteiger partial charge in [-0.05, 0) is 55.0 Å². The fourth-order valence-electron chi connectivity index (χ4n) is 5.92. The van der Waals surface area contributed by atoms with Crippen molar-refractivity contribution in [3.8, 4) is 0 Å². The predicted molar refractivity (Wildman–Crippen MR) is 161 cm³/mol. The smallest absolute Gasteiger partial charge is 0.317 e. The van der Waals surface area contributed by atoms with Crippen molar-refractivity contribution in [3.05, 3.63) is 96.2 Å². The van der Waals surface area contributed by atoms with E-state index in [9.17, 15) is 18.0 Å². The number of hydrogen-bond donors (Lipinski definition) is 1. The van der Waals surface area contributed by atoms with E-state index < -0.39 is 33.4 Å². The Balaban J connectivity index is 1.35. The van der Waals surface area contributed by atoms with Crippen LogP contribution in [0, 0.1) is 5.92 Å². The van der Waals surface area contributed by atoms with Crippen LogP contribution < -0.4 is 4.72 Å². The summed E-state index contributed by atoms with van der Waals surface area (Å²) in [5.74, 6) is -2.04. The average molecular weight is 586 g/mol. The molecule has 1 fully saturated rings. The fraction of sp³-hybridized carbons (Fsp3) is 0.333. The number of para-hydroxylation sites is 1. The normalized spacial score (nSPS) is 19.8. The molecule has 0 bridgehead atoms. The number of aromatic nitrogens is 2. The van der Waals surface area contributed by atoms with Crippen LogP contribution in [0.1, 0.15) is 63.0 Å². The van der Waals surface area contributed by atoms with Crippen molar-refractivity contribution in [1.29, 1.82) is 0 Å². The molecule has 3 atom stereocenters. The second-order valence-corrected chi connectivity index (χ2v) is 12.5. The minimum Gasteiger partial charge on any atom is -0.458 e. The molecule has 1 saturated heterocycles. The van der Waals surface area contributed by atoms with Crippen molar-refractivity contribution in [1.82, 2.24) is 9.97 Å². The predicted octanol–water partition coefficient (Wildman–Crippen LogP) is 6.23. The van der Waals surface area contributed by atoms with E-state index in [-0.39, 0.29) is 17.4 Å². The molecule has 1 aliphatic rings. The summed E-state index contributed by atoms with van der Waals surface area (Å²) in [5, 5.41) is 0.392. The third kappa shape index (κ3) is 6.36. The van der Waals surface area contributed by atoms with E-state index in [0.29, 0.717) is 42.5 Å². The van der Waals surface area contributed by atoms with Gasteiger partial charge in [-0.1, -0.05) is 80.9 Å². The van der Waals surface area contributed by atoms with Crippen molar-refractivity contribution in [2.24, 2.45) is 5.92 Å². The number of ether oxygens (including phenoxy) is 1. The number of fused-ring (bicyclic) bond motifs is 1. The highest BCUT2D eigenvalue weighted by molar-refractivity contribution is 7.92. The summed E-state index contributed by atoms with van der Waals surface area (Å²) in [6, 6.07) is 23.9. The first kappa shape index (κ1) is 29.4. The third-order valence-corrected chi connectivity index (χ3v) is 9.13. The molecule has 5 rings (SSSR count). The minimum absolute atomic E-state index is 0.129. The second kappa shape index (κ2) is 12.4. The summed E-state index contributed by atoms with van der Waals surface area (Å²) in [6.45, 7) is 3.94. The molecule has 4 aromatic rings. The highest BCUT2D eigenvalue weighted by Crippen LogP contribution is 2.41. The lowest BCUT2D eigenvalue weighted by Crippen LogP contribution is -2.49. The lowest BCUT2D eigenvalue weighted by atomic mass is 9.74. The third-order valence-electron chi connectivity index (χ3n) is 7.95. The number of ketones is 1. The Hall–Kier alpha value is -4.11. The number of cyclic esters (lactones) is 1. The summed E-state index contributed by atoms with van der Waals surface area (Å²) in [5.41, 5.74) is 1.82. The van der Waals surface area contributed by atoms with Gasteiger partial charge < -0.3 is 4.74 Å². The van der Waals surface area contributed by atoms with Crippen LogP contribution in [0.15, 0.2) is 90.2 Å². The lowest BCUT2D eigenvalue weighted by Gasteiger charge is -2.40. The number of benzene rings is 3. The van der Waals surface area contributed by atoms with Crippen LogP contribution >= 0.6 is 0 Å². The lowest BCUT2D eigenvalue weighted by molar-refractivity contribution is -0.180. The molecule has 3 aromatic carbocycles. The van der Waals surface area contributed by atoms with E-state index in [1.54, 1.807) is 36.4 Å². The van der Waals surface area contributed by atoms with E-state index in [2.05, 4.69) is 14.7 Å². The molecule has 0 spiro atoms. The van der Waals surface area contributed by atoms with Gasteiger partial charge in [0.1, 0.15) is 11.5 Å². The van der Waals surface area contributed by atoms with Gasteiger partial charge in [-0.3, -0.25) is 14.3 Å². The highest BCUT2D eigenvalue weighted by Gasteiger charge is 2.48. The molecule has 1 aromatic heterocycles. The zero-order chi connectivity index (χ0) is 29.7. The van der Waals surface area contributed by atoms with Gasteiger partial charge >= 0.3 is 5.97 Å². The summed E-state index contributed by atoms with van der Waals surface area (Å²) in [4.78, 5) is 35.4. The summed E-state index contributed by atoms with van der Waals surface area (Å²) in [7, 11) is -4.08. The summed E-state index contributed by atoms with van der Waals surface area (Å²) >= 11 is 0. The molecule has 0 saturated carbocycles. The molecule has 1 aliphatic heterocycles. The zero-order valence-electron chi connectivity index (χ0n) is 23.8. The maximum absolute atomic E-state index is 13.7. The Morgan fingerprint density at radius 1 is 0.976 bits per heavy atom. The van der Waals surface area contributed by atoms with Gasteiger partial charge in [0.2, 0.25) is 0 Å². The van der Waals surface area contributed by atoms with E-state index in [1.807, 2.05) is 56.3 Å². The number of sulfonamides is 1. The van der Waals surface area contributed by atoms with Crippen molar-refractivity contribution >= 4 is 38.4 Å². The topological polar surface area (TPSA) is 115 Å². The van der Waals surface area contributed by atoms with Crippen LogP contribution in [0.25, 0.3) is 10.9 Å². The van der Waals surface area contributed by atoms with E-state index in [1.165, 1.54) is 6.20 Å². The number of rotatable bonds is 11. The van der Waals surface area contributed by atoms with Gasteiger partial charge in [0.15, 0.2) is 5.78 Å². The maximum atomic E-state index is 13.7. The molecule has 3 unspecified atom stereocenters. The van der Waals surface area contributed by atoms with Crippen LogP contribution in [-0.2, 0) is 30.8 Å². The Morgan fingerprint density at radius 3 is 2.48 bits per heavy atom. The van der Waals surface area contributed by atoms with Crippen molar-refractivity contribution in [2.45, 2.75) is 69.0 Å². The van der Waals surface area contributed by atoms with Gasteiger partial charge in [-0.2, -0.15) is 8.42 Å². The van der Waals surface area contributed by atoms with Crippen molar-refractivity contribution < 1.29 is 22.7 Å². The zero-order valence-corrected chi connectivity index (χ0v) is 24.6. The number of carbonyl (C=O) groups is 2. The largest absolute Gasteiger partial charge is 0.458 e. The van der Waals surface area contributed by atoms with Gasteiger partial charge in [-0.15, -0.1) is 0 Å². The van der Waals surface area contributed by atoms with Gasteiger partial charge in [0.05, 0.1) is 5.52 Å². The molecule has 0 amide bonds. The van der Waals surface area contributed by atoms with E-state index in [4.69, 9.17) is 4.74 Å². The Bertz CT molecular complexity index is 1670. The van der Waals surface area contributed by atoms with E-state index in [0.717, 1.165) is 17.4 Å². The first-order valence-corrected chi connectivity index (χ1v) is 15.9. The Kier molecular flexibility index (Phi) is 8.68. The number of Topliss-reactive ketones (excluding diaryl/α,β-unsaturated/α-hetero) is 1. The number of nitrogens with one attached hydrogen (secondary N) is 1. The second-order valence-electron chi connectivity index (χ2n) is 10.9. The fourth-order valence-corrected chi connectivity index (χ4v) is 6.86. The molecule has 9 heteroatoms. The number of carbonyl (C=O) groups excluding carboxylic acids is 2. The summed E-state index contributed by atoms with van der Waals surface area (Å²) < 4.78 is 35.0. The van der Waals surface area contributed by atoms with Crippen LogP contribution in [0.2, 0.25) is 0 Å². The Labute approximate surface area is 246 Å². The number of nitrogens with zero attached hydrogens (tertiary/aromatic N) is 2. The van der Waals surface area contributed by atoms with Gasteiger partial charge in [-0.25, -0.2) is 9.97 Å². The summed E-state index contributed by atoms with van der Waals surface area (Å²) in [6.07, 6.45) is 4.85. The van der Waals surface area contributed by atoms with Crippen LogP contribution in [0.3, 0.4) is 0 Å². The first-order chi connectivity index (χ1) is 20.2. The van der Waals surface area contributed by atoms with Gasteiger partial charge in [0.25, 0.3) is 15.2 Å². The SMILES string of the molecule is CCCC1(CCc2ccccc2)CC(=O)C(C(CC)c2cccc(NS(=O)(=O)c3ncc4ccccc4n3)c2)C(=O)O1.